The summed E-state index contributed by atoms with van der Waals surface area (Å²) in [5, 5.41) is -0.725. The third-order valence-electron chi connectivity index (χ3n) is 4.52. The third-order valence-corrected chi connectivity index (χ3v) is 6.82. The smallest absolute Gasteiger partial charge is 0.184 e. The van der Waals surface area contributed by atoms with Crippen molar-refractivity contribution in [3.05, 3.63) is 29.8 Å². The minimum absolute atomic E-state index is 0.194. The van der Waals surface area contributed by atoms with Crippen molar-refractivity contribution < 1.29 is 17.2 Å². The first kappa shape index (κ1) is 16.4. The Labute approximate surface area is 124 Å². The van der Waals surface area contributed by atoms with Gasteiger partial charge < -0.3 is 5.73 Å². The molecule has 0 aromatic heterocycles. The quantitative estimate of drug-likeness (QED) is 0.929. The molecular formula is C15H21F2NO2S. The molecule has 2 rings (SSSR count). The number of hydrogen-bond acceptors (Lipinski definition) is 3. The lowest BCUT2D eigenvalue weighted by Crippen LogP contribution is -2.40. The second-order valence-electron chi connectivity index (χ2n) is 5.74. The lowest BCUT2D eigenvalue weighted by atomic mass is 9.80. The van der Waals surface area contributed by atoms with Gasteiger partial charge in [-0.1, -0.05) is 19.8 Å². The Morgan fingerprint density at radius 1 is 1.29 bits per heavy atom. The molecule has 0 heterocycles. The molecule has 3 unspecified atom stereocenters. The minimum Gasteiger partial charge on any atom is -0.330 e. The molecule has 21 heavy (non-hydrogen) atoms. The van der Waals surface area contributed by atoms with Gasteiger partial charge in [0.15, 0.2) is 9.84 Å². The van der Waals surface area contributed by atoms with Crippen molar-refractivity contribution in [1.29, 1.82) is 0 Å². The lowest BCUT2D eigenvalue weighted by molar-refractivity contribution is 0.275. The molecule has 0 saturated heterocycles. The van der Waals surface area contributed by atoms with Crippen molar-refractivity contribution in [2.45, 2.75) is 42.8 Å². The molecule has 1 fully saturated rings. The van der Waals surface area contributed by atoms with Gasteiger partial charge in [-0.15, -0.1) is 0 Å². The molecule has 2 N–H and O–H groups in total. The lowest BCUT2D eigenvalue weighted by Gasteiger charge is -2.34. The first-order valence-corrected chi connectivity index (χ1v) is 8.83. The summed E-state index contributed by atoms with van der Waals surface area (Å²) in [7, 11) is -3.91. The van der Waals surface area contributed by atoms with Crippen LogP contribution in [0.1, 0.15) is 32.6 Å². The summed E-state index contributed by atoms with van der Waals surface area (Å²) >= 11 is 0. The number of halogens is 2. The molecule has 1 aliphatic rings. The average molecular weight is 317 g/mol. The van der Waals surface area contributed by atoms with Crippen LogP contribution in [0, 0.1) is 23.5 Å². The van der Waals surface area contributed by atoms with Crippen LogP contribution < -0.4 is 5.73 Å². The monoisotopic (exact) mass is 317 g/mol. The predicted molar refractivity (Wildman–Crippen MR) is 77.5 cm³/mol. The molecule has 6 heteroatoms. The fourth-order valence-electron chi connectivity index (χ4n) is 3.15. The van der Waals surface area contributed by atoms with Gasteiger partial charge in [0.25, 0.3) is 0 Å². The summed E-state index contributed by atoms with van der Waals surface area (Å²) in [6.07, 6.45) is 3.01. The molecule has 3 atom stereocenters. The van der Waals surface area contributed by atoms with Crippen molar-refractivity contribution in [2.75, 3.05) is 6.54 Å². The van der Waals surface area contributed by atoms with Crippen molar-refractivity contribution >= 4 is 9.84 Å². The van der Waals surface area contributed by atoms with Crippen LogP contribution in [-0.2, 0) is 9.84 Å². The van der Waals surface area contributed by atoms with Crippen LogP contribution >= 0.6 is 0 Å². The summed E-state index contributed by atoms with van der Waals surface area (Å²) in [4.78, 5) is -0.539. The normalized spacial score (nSPS) is 26.8. The number of hydrogen-bond donors (Lipinski definition) is 1. The van der Waals surface area contributed by atoms with Crippen molar-refractivity contribution in [1.82, 2.24) is 0 Å². The zero-order valence-electron chi connectivity index (χ0n) is 12.1. The van der Waals surface area contributed by atoms with E-state index >= 15 is 0 Å². The minimum atomic E-state index is -3.91. The molecule has 0 radical (unpaired) electrons. The Morgan fingerprint density at radius 3 is 2.62 bits per heavy atom. The maximum atomic E-state index is 13.9. The topological polar surface area (TPSA) is 60.2 Å². The van der Waals surface area contributed by atoms with E-state index in [0.29, 0.717) is 12.3 Å². The van der Waals surface area contributed by atoms with Crippen LogP contribution in [0.4, 0.5) is 8.78 Å². The maximum absolute atomic E-state index is 13.9. The Bertz CT molecular complexity index is 604. The molecule has 1 aliphatic carbocycles. The Hall–Kier alpha value is -1.01. The molecular weight excluding hydrogens is 296 g/mol. The van der Waals surface area contributed by atoms with E-state index in [1.165, 1.54) is 0 Å². The van der Waals surface area contributed by atoms with Gasteiger partial charge in [-0.2, -0.15) is 0 Å². The highest BCUT2D eigenvalue weighted by Gasteiger charge is 2.40. The van der Waals surface area contributed by atoms with E-state index in [-0.39, 0.29) is 12.5 Å². The SMILES string of the molecule is CCC1CCC(CN)C(S(=O)(=O)c2cc(F)ccc2F)C1. The standard InChI is InChI=1S/C15H21F2NO2S/c1-2-10-3-4-11(9-18)14(7-10)21(19,20)15-8-12(16)5-6-13(15)17/h5-6,8,10-11,14H,2-4,7,9,18H2,1H3. The fourth-order valence-corrected chi connectivity index (χ4v) is 5.38. The first-order chi connectivity index (χ1) is 9.90. The van der Waals surface area contributed by atoms with Crippen LogP contribution in [0.5, 0.6) is 0 Å². The van der Waals surface area contributed by atoms with E-state index in [2.05, 4.69) is 0 Å². The number of sulfone groups is 1. The van der Waals surface area contributed by atoms with Crippen molar-refractivity contribution in [3.63, 3.8) is 0 Å². The van der Waals surface area contributed by atoms with E-state index in [4.69, 9.17) is 5.73 Å². The summed E-state index contributed by atoms with van der Waals surface area (Å²) in [5.41, 5.74) is 5.69. The van der Waals surface area contributed by atoms with E-state index in [0.717, 1.165) is 37.5 Å². The van der Waals surface area contributed by atoms with Crippen molar-refractivity contribution in [3.8, 4) is 0 Å². The Kier molecular flexibility index (Phi) is 4.99. The second kappa shape index (κ2) is 6.40. The zero-order valence-corrected chi connectivity index (χ0v) is 12.9. The van der Waals surface area contributed by atoms with Crippen LogP contribution in [-0.4, -0.2) is 20.2 Å². The van der Waals surface area contributed by atoms with Crippen LogP contribution in [0.15, 0.2) is 23.1 Å². The predicted octanol–water partition coefficient (Wildman–Crippen LogP) is 2.89. The van der Waals surface area contributed by atoms with E-state index < -0.39 is 31.6 Å². The Balaban J connectivity index is 2.42. The van der Waals surface area contributed by atoms with Gasteiger partial charge >= 0.3 is 0 Å². The van der Waals surface area contributed by atoms with Crippen molar-refractivity contribution in [2.24, 2.45) is 17.6 Å². The molecule has 1 saturated carbocycles. The van der Waals surface area contributed by atoms with E-state index in [9.17, 15) is 17.2 Å². The number of benzene rings is 1. The highest BCUT2D eigenvalue weighted by Crippen LogP contribution is 2.37. The van der Waals surface area contributed by atoms with Gasteiger partial charge in [0, 0.05) is 0 Å². The average Bonchev–Trinajstić information content (AvgIpc) is 2.48. The highest BCUT2D eigenvalue weighted by atomic mass is 32.2. The van der Waals surface area contributed by atoms with E-state index in [1.807, 2.05) is 6.92 Å². The molecule has 0 spiro atoms. The molecule has 0 aliphatic heterocycles. The maximum Gasteiger partial charge on any atom is 0.184 e. The van der Waals surface area contributed by atoms with Gasteiger partial charge in [-0.3, -0.25) is 0 Å². The molecule has 3 nitrogen and oxygen atoms in total. The summed E-state index contributed by atoms with van der Waals surface area (Å²) in [6, 6.07) is 2.55. The second-order valence-corrected chi connectivity index (χ2v) is 7.88. The zero-order chi connectivity index (χ0) is 15.6. The van der Waals surface area contributed by atoms with Gasteiger partial charge in [0.1, 0.15) is 16.5 Å². The fraction of sp³-hybridized carbons (Fsp3) is 0.600. The summed E-state index contributed by atoms with van der Waals surface area (Å²) in [5.74, 6) is -1.54. The molecule has 0 amide bonds. The largest absolute Gasteiger partial charge is 0.330 e. The molecule has 0 bridgehead atoms. The number of rotatable bonds is 4. The van der Waals surface area contributed by atoms with E-state index in [1.54, 1.807) is 0 Å². The van der Waals surface area contributed by atoms with Crippen LogP contribution in [0.3, 0.4) is 0 Å². The van der Waals surface area contributed by atoms with Crippen LogP contribution in [0.2, 0.25) is 0 Å². The summed E-state index contributed by atoms with van der Waals surface area (Å²) < 4.78 is 52.6. The van der Waals surface area contributed by atoms with Gasteiger partial charge in [0.2, 0.25) is 0 Å². The van der Waals surface area contributed by atoms with Gasteiger partial charge in [-0.05, 0) is 49.4 Å². The number of nitrogens with two attached hydrogens (primary N) is 1. The highest BCUT2D eigenvalue weighted by molar-refractivity contribution is 7.92. The first-order valence-electron chi connectivity index (χ1n) is 7.29. The summed E-state index contributed by atoms with van der Waals surface area (Å²) in [6.45, 7) is 2.26. The molecule has 1 aromatic rings. The van der Waals surface area contributed by atoms with Crippen LogP contribution in [0.25, 0.3) is 0 Å². The molecule has 118 valence electrons. The Morgan fingerprint density at radius 2 is 2.00 bits per heavy atom. The van der Waals surface area contributed by atoms with Gasteiger partial charge in [-0.25, -0.2) is 17.2 Å². The van der Waals surface area contributed by atoms with Gasteiger partial charge in [0.05, 0.1) is 5.25 Å². The molecule has 1 aromatic carbocycles. The third kappa shape index (κ3) is 3.26.